The monoisotopic (exact) mass is 463 g/mol. The summed E-state index contributed by atoms with van der Waals surface area (Å²) in [5.41, 5.74) is 2.90. The highest BCUT2D eigenvalue weighted by Crippen LogP contribution is 2.38. The second kappa shape index (κ2) is 7.98. The summed E-state index contributed by atoms with van der Waals surface area (Å²) in [6.45, 7) is 4.23. The van der Waals surface area contributed by atoms with Crippen molar-refractivity contribution in [3.63, 3.8) is 0 Å². The average molecular weight is 464 g/mol. The quantitative estimate of drug-likeness (QED) is 0.634. The van der Waals surface area contributed by atoms with E-state index in [4.69, 9.17) is 19.4 Å². The van der Waals surface area contributed by atoms with Gasteiger partial charge in [-0.3, -0.25) is 4.79 Å². The summed E-state index contributed by atoms with van der Waals surface area (Å²) in [6.07, 6.45) is 1.70. The first-order valence-electron chi connectivity index (χ1n) is 8.66. The molecule has 0 aromatic carbocycles. The maximum Gasteiger partial charge on any atom is 0.237 e. The maximum atomic E-state index is 11.6. The number of halogens is 1. The predicted molar refractivity (Wildman–Crippen MR) is 112 cm³/mol. The lowest BCUT2D eigenvalue weighted by Gasteiger charge is -2.27. The van der Waals surface area contributed by atoms with Crippen LogP contribution in [0.2, 0.25) is 0 Å². The number of fused-ring (bicyclic) bond motifs is 1. The Kier molecular flexibility index (Phi) is 5.42. The van der Waals surface area contributed by atoms with Gasteiger partial charge in [-0.15, -0.1) is 11.3 Å². The van der Waals surface area contributed by atoms with Gasteiger partial charge in [0, 0.05) is 37.2 Å². The molecule has 1 fully saturated rings. The molecule has 1 aliphatic heterocycles. The fraction of sp³-hybridized carbons (Fsp3) is 0.333. The summed E-state index contributed by atoms with van der Waals surface area (Å²) in [5.74, 6) is 0.810. The second-order valence-corrected chi connectivity index (χ2v) is 7.93. The Morgan fingerprint density at radius 2 is 2.14 bits per heavy atom. The number of morpholine rings is 1. The van der Waals surface area contributed by atoms with E-state index in [0.717, 1.165) is 39.0 Å². The summed E-state index contributed by atoms with van der Waals surface area (Å²) >= 11 is 5.15. The number of methoxy groups -OCH3 is 1. The molecule has 1 amide bonds. The van der Waals surface area contributed by atoms with Gasteiger partial charge in [-0.1, -0.05) is 0 Å². The number of thiophene rings is 1. The normalized spacial score (nSPS) is 14.3. The van der Waals surface area contributed by atoms with Crippen LogP contribution < -0.4 is 15.0 Å². The number of pyridine rings is 1. The topological polar surface area (TPSA) is 89.5 Å². The van der Waals surface area contributed by atoms with Gasteiger partial charge in [0.05, 0.1) is 35.2 Å². The minimum atomic E-state index is -0.196. The van der Waals surface area contributed by atoms with Crippen LogP contribution in [0.15, 0.2) is 22.1 Å². The third-order valence-corrected chi connectivity index (χ3v) is 6.17. The van der Waals surface area contributed by atoms with Gasteiger partial charge < -0.3 is 19.7 Å². The van der Waals surface area contributed by atoms with E-state index >= 15 is 0 Å². The van der Waals surface area contributed by atoms with Crippen LogP contribution in [0.1, 0.15) is 6.92 Å². The van der Waals surface area contributed by atoms with Crippen LogP contribution in [0.25, 0.3) is 21.5 Å². The van der Waals surface area contributed by atoms with E-state index in [-0.39, 0.29) is 5.91 Å². The highest BCUT2D eigenvalue weighted by atomic mass is 79.9. The number of aromatic nitrogens is 3. The molecule has 0 unspecified atom stereocenters. The molecular formula is C18H18BrN5O3S. The molecular weight excluding hydrogens is 446 g/mol. The fourth-order valence-corrected chi connectivity index (χ4v) is 4.58. The number of hydrogen-bond donors (Lipinski definition) is 1. The molecule has 0 bridgehead atoms. The molecule has 0 spiro atoms. The second-order valence-electron chi connectivity index (χ2n) is 6.20. The van der Waals surface area contributed by atoms with Crippen molar-refractivity contribution in [1.29, 1.82) is 0 Å². The number of ether oxygens (including phenoxy) is 2. The van der Waals surface area contributed by atoms with Crippen molar-refractivity contribution >= 4 is 55.0 Å². The molecule has 0 radical (unpaired) electrons. The van der Waals surface area contributed by atoms with Crippen LogP contribution in [-0.2, 0) is 9.53 Å². The zero-order chi connectivity index (χ0) is 19.7. The zero-order valence-electron chi connectivity index (χ0n) is 15.4. The van der Waals surface area contributed by atoms with Gasteiger partial charge in [-0.2, -0.15) is 0 Å². The molecule has 10 heteroatoms. The van der Waals surface area contributed by atoms with Crippen molar-refractivity contribution in [1.82, 2.24) is 15.0 Å². The molecule has 4 rings (SSSR count). The SMILES string of the molecule is COc1ncc(-c2nc(N3CCOCC3)nc3c(Br)csc23)cc1NC(C)=O. The number of carbonyl (C=O) groups excluding carboxylic acids is 1. The highest BCUT2D eigenvalue weighted by molar-refractivity contribution is 9.10. The number of nitrogens with one attached hydrogen (secondary N) is 1. The van der Waals surface area contributed by atoms with Crippen molar-refractivity contribution in [3.8, 4) is 17.1 Å². The first-order valence-corrected chi connectivity index (χ1v) is 10.3. The summed E-state index contributed by atoms with van der Waals surface area (Å²) in [4.78, 5) is 27.6. The molecule has 28 heavy (non-hydrogen) atoms. The fourth-order valence-electron chi connectivity index (χ4n) is 3.00. The molecule has 4 heterocycles. The lowest BCUT2D eigenvalue weighted by Crippen LogP contribution is -2.37. The van der Waals surface area contributed by atoms with Crippen molar-refractivity contribution in [3.05, 3.63) is 22.1 Å². The lowest BCUT2D eigenvalue weighted by molar-refractivity contribution is -0.114. The molecule has 1 saturated heterocycles. The highest BCUT2D eigenvalue weighted by Gasteiger charge is 2.20. The Labute approximate surface area is 174 Å². The smallest absolute Gasteiger partial charge is 0.237 e. The van der Waals surface area contributed by atoms with E-state index in [1.54, 1.807) is 17.5 Å². The van der Waals surface area contributed by atoms with Crippen LogP contribution in [0, 0.1) is 0 Å². The Bertz CT molecular complexity index is 1040. The minimum Gasteiger partial charge on any atom is -0.480 e. The van der Waals surface area contributed by atoms with Gasteiger partial charge in [0.15, 0.2) is 0 Å². The first-order chi connectivity index (χ1) is 13.6. The maximum absolute atomic E-state index is 11.6. The van der Waals surface area contributed by atoms with Crippen LogP contribution in [0.3, 0.4) is 0 Å². The minimum absolute atomic E-state index is 0.196. The van der Waals surface area contributed by atoms with Crippen molar-refractivity contribution < 1.29 is 14.3 Å². The van der Waals surface area contributed by atoms with E-state index in [2.05, 4.69) is 31.1 Å². The molecule has 3 aromatic heterocycles. The Morgan fingerprint density at radius 3 is 2.86 bits per heavy atom. The van der Waals surface area contributed by atoms with Crippen molar-refractivity contribution in [2.45, 2.75) is 6.92 Å². The Hall–Kier alpha value is -2.30. The van der Waals surface area contributed by atoms with Crippen LogP contribution in [0.4, 0.5) is 11.6 Å². The third kappa shape index (κ3) is 3.67. The van der Waals surface area contributed by atoms with E-state index in [1.165, 1.54) is 14.0 Å². The summed E-state index contributed by atoms with van der Waals surface area (Å²) in [7, 11) is 1.52. The van der Waals surface area contributed by atoms with Crippen molar-refractivity contribution in [2.24, 2.45) is 0 Å². The number of hydrogen-bond acceptors (Lipinski definition) is 8. The Balaban J connectivity index is 1.86. The molecule has 3 aromatic rings. The number of anilines is 2. The molecule has 1 N–H and O–H groups in total. The number of carbonyl (C=O) groups is 1. The van der Waals surface area contributed by atoms with Gasteiger partial charge in [0.2, 0.25) is 17.7 Å². The van der Waals surface area contributed by atoms with Gasteiger partial charge in [-0.25, -0.2) is 15.0 Å². The van der Waals surface area contributed by atoms with Gasteiger partial charge in [-0.05, 0) is 22.0 Å². The van der Waals surface area contributed by atoms with Crippen LogP contribution in [0.5, 0.6) is 5.88 Å². The molecule has 146 valence electrons. The first kappa shape index (κ1) is 19.0. The lowest BCUT2D eigenvalue weighted by atomic mass is 10.1. The van der Waals surface area contributed by atoms with Crippen molar-refractivity contribution in [2.75, 3.05) is 43.6 Å². The predicted octanol–water partition coefficient (Wildman–Crippen LogP) is 3.32. The van der Waals surface area contributed by atoms with E-state index in [1.807, 2.05) is 11.4 Å². The zero-order valence-corrected chi connectivity index (χ0v) is 17.8. The van der Waals surface area contributed by atoms with Gasteiger partial charge in [0.25, 0.3) is 0 Å². The standard InChI is InChI=1S/C18H18BrN5O3S/c1-10(25)21-13-7-11(8-20-17(13)26-2)14-16-15(12(19)9-28-16)23-18(22-14)24-3-5-27-6-4-24/h7-9H,3-6H2,1-2H3,(H,21,25). The average Bonchev–Trinajstić information content (AvgIpc) is 3.08. The van der Waals surface area contributed by atoms with E-state index < -0.39 is 0 Å². The summed E-state index contributed by atoms with van der Waals surface area (Å²) < 4.78 is 12.6. The van der Waals surface area contributed by atoms with E-state index in [9.17, 15) is 4.79 Å². The molecule has 1 aliphatic rings. The largest absolute Gasteiger partial charge is 0.480 e. The number of amides is 1. The van der Waals surface area contributed by atoms with Crippen LogP contribution >= 0.6 is 27.3 Å². The summed E-state index contributed by atoms with van der Waals surface area (Å²) in [5, 5.41) is 4.76. The number of nitrogens with zero attached hydrogens (tertiary/aromatic N) is 4. The van der Waals surface area contributed by atoms with E-state index in [0.29, 0.717) is 30.7 Å². The third-order valence-electron chi connectivity index (χ3n) is 4.28. The summed E-state index contributed by atoms with van der Waals surface area (Å²) in [6, 6.07) is 1.83. The number of rotatable bonds is 4. The Morgan fingerprint density at radius 1 is 1.36 bits per heavy atom. The van der Waals surface area contributed by atoms with Crippen LogP contribution in [-0.4, -0.2) is 54.3 Å². The van der Waals surface area contributed by atoms with Gasteiger partial charge in [0.1, 0.15) is 11.2 Å². The molecule has 0 atom stereocenters. The molecule has 0 saturated carbocycles. The molecule has 8 nitrogen and oxygen atoms in total. The molecule has 0 aliphatic carbocycles. The van der Waals surface area contributed by atoms with Gasteiger partial charge >= 0.3 is 0 Å².